The third-order valence-electron chi connectivity index (χ3n) is 4.03. The van der Waals surface area contributed by atoms with Crippen LogP contribution < -0.4 is 5.32 Å². The zero-order valence-corrected chi connectivity index (χ0v) is 14.6. The summed E-state index contributed by atoms with van der Waals surface area (Å²) in [5.41, 5.74) is -1.44. The monoisotopic (exact) mass is 412 g/mol. The molecule has 11 heteroatoms. The molecular formula is C18H15F3N2O6. The maximum absolute atomic E-state index is 12.6. The lowest BCUT2D eigenvalue weighted by atomic mass is 10.0. The van der Waals surface area contributed by atoms with E-state index in [2.05, 4.69) is 0 Å². The first-order valence-corrected chi connectivity index (χ1v) is 8.11. The van der Waals surface area contributed by atoms with Crippen molar-refractivity contribution in [2.45, 2.75) is 24.7 Å². The minimum Gasteiger partial charge on any atom is -0.480 e. The van der Waals surface area contributed by atoms with Crippen LogP contribution in [0.2, 0.25) is 0 Å². The van der Waals surface area contributed by atoms with Crippen LogP contribution in [-0.4, -0.2) is 33.1 Å². The molecule has 0 fully saturated rings. The quantitative estimate of drug-likeness (QED) is 0.473. The summed E-state index contributed by atoms with van der Waals surface area (Å²) >= 11 is 0. The Morgan fingerprint density at radius 3 is 2.21 bits per heavy atom. The first kappa shape index (κ1) is 21.8. The Morgan fingerprint density at radius 1 is 1.10 bits per heavy atom. The van der Waals surface area contributed by atoms with Gasteiger partial charge in [0.15, 0.2) is 6.10 Å². The molecule has 0 aliphatic carbocycles. The van der Waals surface area contributed by atoms with Gasteiger partial charge in [-0.05, 0) is 17.7 Å². The summed E-state index contributed by atoms with van der Waals surface area (Å²) in [6.45, 7) is 0. The number of rotatable bonds is 7. The van der Waals surface area contributed by atoms with Gasteiger partial charge in [0.05, 0.1) is 10.5 Å². The molecule has 29 heavy (non-hydrogen) atoms. The standard InChI is InChI=1S/C18H15F3N2O6/c19-18(20,21)12-7-5-10(6-8-12)15(24)16(25)22-13(17(26)27)9-11-3-1-2-4-14(11)23(28)29/h1-8,13,15,24H,9H2,(H,22,25)(H,26,27)/t13-,15-/m1/s1. The van der Waals surface area contributed by atoms with E-state index >= 15 is 0 Å². The molecular weight excluding hydrogens is 397 g/mol. The molecule has 2 atom stereocenters. The van der Waals surface area contributed by atoms with Crippen molar-refractivity contribution in [3.05, 3.63) is 75.3 Å². The fraction of sp³-hybridized carbons (Fsp3) is 0.222. The van der Waals surface area contributed by atoms with Gasteiger partial charge in [0, 0.05) is 18.1 Å². The number of aliphatic hydroxyl groups is 1. The van der Waals surface area contributed by atoms with Gasteiger partial charge in [0.2, 0.25) is 0 Å². The van der Waals surface area contributed by atoms with E-state index in [1.54, 1.807) is 0 Å². The van der Waals surface area contributed by atoms with Gasteiger partial charge in [-0.1, -0.05) is 30.3 Å². The molecule has 0 saturated carbocycles. The second-order valence-electron chi connectivity index (χ2n) is 6.01. The van der Waals surface area contributed by atoms with E-state index in [9.17, 15) is 43.1 Å². The van der Waals surface area contributed by atoms with Crippen LogP contribution in [0.3, 0.4) is 0 Å². The molecule has 0 saturated heterocycles. The molecule has 0 radical (unpaired) electrons. The number of nitrogens with one attached hydrogen (secondary N) is 1. The lowest BCUT2D eigenvalue weighted by molar-refractivity contribution is -0.385. The van der Waals surface area contributed by atoms with Crippen LogP contribution in [0, 0.1) is 10.1 Å². The van der Waals surface area contributed by atoms with Crippen molar-refractivity contribution in [3.8, 4) is 0 Å². The molecule has 0 bridgehead atoms. The Labute approximate surface area is 161 Å². The molecule has 0 spiro atoms. The Bertz CT molecular complexity index is 915. The highest BCUT2D eigenvalue weighted by atomic mass is 19.4. The second kappa shape index (κ2) is 8.69. The molecule has 0 heterocycles. The lowest BCUT2D eigenvalue weighted by Gasteiger charge is -2.18. The maximum Gasteiger partial charge on any atom is 0.416 e. The van der Waals surface area contributed by atoms with Crippen LogP contribution in [0.25, 0.3) is 0 Å². The van der Waals surface area contributed by atoms with Crippen molar-refractivity contribution in [1.29, 1.82) is 0 Å². The maximum atomic E-state index is 12.6. The first-order chi connectivity index (χ1) is 13.5. The van der Waals surface area contributed by atoms with Gasteiger partial charge in [0.1, 0.15) is 6.04 Å². The van der Waals surface area contributed by atoms with Crippen molar-refractivity contribution in [2.24, 2.45) is 0 Å². The zero-order chi connectivity index (χ0) is 21.8. The van der Waals surface area contributed by atoms with Crippen LogP contribution in [0.1, 0.15) is 22.8 Å². The number of alkyl halides is 3. The average Bonchev–Trinajstić information content (AvgIpc) is 2.66. The number of carbonyl (C=O) groups excluding carboxylic acids is 1. The van der Waals surface area contributed by atoms with Gasteiger partial charge >= 0.3 is 12.1 Å². The Hall–Kier alpha value is -3.47. The Morgan fingerprint density at radius 2 is 1.69 bits per heavy atom. The number of nitro benzene ring substituents is 1. The lowest BCUT2D eigenvalue weighted by Crippen LogP contribution is -2.44. The second-order valence-corrected chi connectivity index (χ2v) is 6.01. The predicted octanol–water partition coefficient (Wildman–Crippen LogP) is 2.46. The fourth-order valence-electron chi connectivity index (χ4n) is 2.54. The molecule has 0 aliphatic rings. The number of halogens is 3. The molecule has 2 aromatic rings. The number of amides is 1. The molecule has 0 aromatic heterocycles. The van der Waals surface area contributed by atoms with Gasteiger partial charge in [-0.15, -0.1) is 0 Å². The minimum absolute atomic E-state index is 0.0502. The molecule has 1 amide bonds. The smallest absolute Gasteiger partial charge is 0.416 e. The number of carbonyl (C=O) groups is 2. The molecule has 2 rings (SSSR count). The summed E-state index contributed by atoms with van der Waals surface area (Å²) in [7, 11) is 0. The van der Waals surface area contributed by atoms with Gasteiger partial charge in [-0.2, -0.15) is 13.2 Å². The molecule has 154 valence electrons. The number of nitrogens with zero attached hydrogens (tertiary/aromatic N) is 1. The fourth-order valence-corrected chi connectivity index (χ4v) is 2.54. The first-order valence-electron chi connectivity index (χ1n) is 8.11. The number of aliphatic hydroxyl groups excluding tert-OH is 1. The van der Waals surface area contributed by atoms with E-state index in [1.807, 2.05) is 5.32 Å². The number of carboxylic acid groups (broad SMARTS) is 1. The van der Waals surface area contributed by atoms with Crippen LogP contribution in [0.4, 0.5) is 18.9 Å². The van der Waals surface area contributed by atoms with Crippen LogP contribution in [0.15, 0.2) is 48.5 Å². The summed E-state index contributed by atoms with van der Waals surface area (Å²) in [6, 6.07) is 6.88. The van der Waals surface area contributed by atoms with Crippen molar-refractivity contribution in [3.63, 3.8) is 0 Å². The number of hydrogen-bond donors (Lipinski definition) is 3. The van der Waals surface area contributed by atoms with Crippen molar-refractivity contribution < 1.29 is 37.9 Å². The summed E-state index contributed by atoms with van der Waals surface area (Å²) in [4.78, 5) is 33.9. The van der Waals surface area contributed by atoms with Crippen molar-refractivity contribution >= 4 is 17.6 Å². The molecule has 0 aliphatic heterocycles. The van der Waals surface area contributed by atoms with E-state index in [1.165, 1.54) is 24.3 Å². The van der Waals surface area contributed by atoms with E-state index in [0.717, 1.165) is 12.1 Å². The summed E-state index contributed by atoms with van der Waals surface area (Å²) in [5, 5.41) is 32.4. The van der Waals surface area contributed by atoms with E-state index in [-0.39, 0.29) is 16.8 Å². The molecule has 0 unspecified atom stereocenters. The van der Waals surface area contributed by atoms with Gasteiger partial charge in [-0.25, -0.2) is 4.79 Å². The average molecular weight is 412 g/mol. The minimum atomic E-state index is -4.59. The molecule has 3 N–H and O–H groups in total. The highest BCUT2D eigenvalue weighted by Crippen LogP contribution is 2.30. The van der Waals surface area contributed by atoms with E-state index in [0.29, 0.717) is 12.1 Å². The Kier molecular flexibility index (Phi) is 6.54. The summed E-state index contributed by atoms with van der Waals surface area (Å²) < 4.78 is 37.7. The van der Waals surface area contributed by atoms with Gasteiger partial charge < -0.3 is 15.5 Å². The SMILES string of the molecule is O=C(O)[C@@H](Cc1ccccc1[N+](=O)[O-])NC(=O)[C@H](O)c1ccc(C(F)(F)F)cc1. The predicted molar refractivity (Wildman–Crippen MR) is 92.8 cm³/mol. The normalized spacial score (nSPS) is 13.4. The van der Waals surface area contributed by atoms with Crippen LogP contribution >= 0.6 is 0 Å². The van der Waals surface area contributed by atoms with Crippen molar-refractivity contribution in [1.82, 2.24) is 5.32 Å². The van der Waals surface area contributed by atoms with Gasteiger partial charge in [0.25, 0.3) is 11.6 Å². The molecule has 8 nitrogen and oxygen atoms in total. The van der Waals surface area contributed by atoms with Gasteiger partial charge in [-0.3, -0.25) is 14.9 Å². The number of carboxylic acids is 1. The number of nitro groups is 1. The number of para-hydroxylation sites is 1. The van der Waals surface area contributed by atoms with Crippen LogP contribution in [0.5, 0.6) is 0 Å². The number of hydrogen-bond acceptors (Lipinski definition) is 5. The topological polar surface area (TPSA) is 130 Å². The zero-order valence-electron chi connectivity index (χ0n) is 14.6. The van der Waals surface area contributed by atoms with Crippen LogP contribution in [-0.2, 0) is 22.2 Å². The Balaban J connectivity index is 2.15. The largest absolute Gasteiger partial charge is 0.480 e. The third-order valence-corrected chi connectivity index (χ3v) is 4.03. The van der Waals surface area contributed by atoms with E-state index < -0.39 is 47.1 Å². The summed E-state index contributed by atoms with van der Waals surface area (Å²) in [6.07, 6.45) is -6.95. The summed E-state index contributed by atoms with van der Waals surface area (Å²) in [5.74, 6) is -2.67. The highest BCUT2D eigenvalue weighted by Gasteiger charge is 2.31. The number of aliphatic carboxylic acids is 1. The number of benzene rings is 2. The highest BCUT2D eigenvalue weighted by molar-refractivity contribution is 5.87. The van der Waals surface area contributed by atoms with Crippen molar-refractivity contribution in [2.75, 3.05) is 0 Å². The van der Waals surface area contributed by atoms with E-state index in [4.69, 9.17) is 0 Å². The third kappa shape index (κ3) is 5.51. The molecule has 2 aromatic carbocycles.